The molecule has 0 aromatic heterocycles. The first kappa shape index (κ1) is 16.3. The van der Waals surface area contributed by atoms with Crippen LogP contribution in [-0.2, 0) is 10.0 Å². The van der Waals surface area contributed by atoms with Gasteiger partial charge in [-0.25, -0.2) is 8.42 Å². The van der Waals surface area contributed by atoms with Crippen molar-refractivity contribution in [2.75, 3.05) is 11.3 Å². The van der Waals surface area contributed by atoms with Crippen LogP contribution in [0.1, 0.15) is 18.9 Å². The predicted octanol–water partition coefficient (Wildman–Crippen LogP) is 1.73. The van der Waals surface area contributed by atoms with Gasteiger partial charge in [0.15, 0.2) is 5.25 Å². The third-order valence-corrected chi connectivity index (χ3v) is 4.35. The Hall–Kier alpha value is -1.73. The average molecular weight is 313 g/mol. The molecule has 0 heterocycles. The van der Waals surface area contributed by atoms with Crippen LogP contribution in [0, 0.1) is 23.2 Å². The first-order chi connectivity index (χ1) is 9.44. The molecule has 1 rings (SSSR count). The second kappa shape index (κ2) is 7.16. The fourth-order valence-corrected chi connectivity index (χ4v) is 2.82. The maximum atomic E-state index is 12.0. The molecule has 0 saturated carbocycles. The zero-order valence-corrected chi connectivity index (χ0v) is 12.3. The van der Waals surface area contributed by atoms with Crippen LogP contribution in [0.25, 0.3) is 0 Å². The number of sulfonamides is 1. The van der Waals surface area contributed by atoms with Crippen LogP contribution in [0.15, 0.2) is 18.2 Å². The molecule has 1 atom stereocenters. The second-order valence-corrected chi connectivity index (χ2v) is 6.12. The maximum absolute atomic E-state index is 12.0. The van der Waals surface area contributed by atoms with E-state index in [2.05, 4.69) is 16.6 Å². The first-order valence-corrected chi connectivity index (χ1v) is 7.67. The Morgan fingerprint density at radius 1 is 1.50 bits per heavy atom. The molecule has 0 bridgehead atoms. The van der Waals surface area contributed by atoms with Crippen LogP contribution in [0.4, 0.5) is 5.69 Å². The van der Waals surface area contributed by atoms with E-state index in [1.54, 1.807) is 19.1 Å². The number of anilines is 1. The van der Waals surface area contributed by atoms with Gasteiger partial charge in [-0.2, -0.15) is 5.26 Å². The average Bonchev–Trinajstić information content (AvgIpc) is 2.38. The standard InChI is InChI=1S/C13H13ClN2O3S/c1-2-12(9-15)20(18,19)16-13-8-11(14)6-5-10(13)4-3-7-17/h5-6,8,12,16-17H,2,7H2,1H3. The van der Waals surface area contributed by atoms with E-state index in [1.165, 1.54) is 12.1 Å². The minimum atomic E-state index is -3.84. The lowest BCUT2D eigenvalue weighted by Gasteiger charge is -2.13. The molecule has 5 nitrogen and oxygen atoms in total. The molecule has 0 fully saturated rings. The van der Waals surface area contributed by atoms with Crippen molar-refractivity contribution in [1.82, 2.24) is 0 Å². The van der Waals surface area contributed by atoms with E-state index in [0.29, 0.717) is 10.6 Å². The number of benzene rings is 1. The topological polar surface area (TPSA) is 90.2 Å². The molecular weight excluding hydrogens is 300 g/mol. The second-order valence-electron chi connectivity index (χ2n) is 3.82. The van der Waals surface area contributed by atoms with Crippen molar-refractivity contribution in [3.63, 3.8) is 0 Å². The van der Waals surface area contributed by atoms with Gasteiger partial charge in [-0.05, 0) is 24.6 Å². The minimum absolute atomic E-state index is 0.171. The molecule has 0 spiro atoms. The summed E-state index contributed by atoms with van der Waals surface area (Å²) in [6.07, 6.45) is 0.171. The third kappa shape index (κ3) is 4.14. The van der Waals surface area contributed by atoms with Gasteiger partial charge in [0.1, 0.15) is 6.61 Å². The molecule has 2 N–H and O–H groups in total. The highest BCUT2D eigenvalue weighted by molar-refractivity contribution is 7.93. The maximum Gasteiger partial charge on any atom is 0.249 e. The van der Waals surface area contributed by atoms with E-state index < -0.39 is 15.3 Å². The SMILES string of the molecule is CCC(C#N)S(=O)(=O)Nc1cc(Cl)ccc1C#CCO. The summed E-state index contributed by atoms with van der Waals surface area (Å²) in [7, 11) is -3.84. The molecule has 1 unspecified atom stereocenters. The van der Waals surface area contributed by atoms with E-state index in [0.717, 1.165) is 0 Å². The number of hydrogen-bond acceptors (Lipinski definition) is 4. The van der Waals surface area contributed by atoms with Gasteiger partial charge in [-0.1, -0.05) is 30.4 Å². The van der Waals surface area contributed by atoms with Crippen LogP contribution < -0.4 is 4.72 Å². The van der Waals surface area contributed by atoms with Crippen LogP contribution in [0.2, 0.25) is 5.02 Å². The summed E-state index contributed by atoms with van der Waals surface area (Å²) in [5.74, 6) is 5.05. The summed E-state index contributed by atoms with van der Waals surface area (Å²) >= 11 is 5.83. The normalized spacial score (nSPS) is 11.9. The number of rotatable bonds is 4. The Labute approximate surface area is 123 Å². The van der Waals surface area contributed by atoms with Gasteiger partial charge >= 0.3 is 0 Å². The number of hydrogen-bond donors (Lipinski definition) is 2. The summed E-state index contributed by atoms with van der Waals surface area (Å²) < 4.78 is 26.4. The van der Waals surface area contributed by atoms with Crippen LogP contribution >= 0.6 is 11.6 Å². The van der Waals surface area contributed by atoms with E-state index in [4.69, 9.17) is 22.0 Å². The minimum Gasteiger partial charge on any atom is -0.384 e. The summed E-state index contributed by atoms with van der Waals surface area (Å²) in [6.45, 7) is 1.27. The molecule has 1 aromatic rings. The van der Waals surface area contributed by atoms with Crippen molar-refractivity contribution in [3.8, 4) is 17.9 Å². The van der Waals surface area contributed by atoms with Gasteiger partial charge in [0.05, 0.1) is 11.8 Å². The Bertz CT molecular complexity index is 684. The zero-order chi connectivity index (χ0) is 15.2. The Morgan fingerprint density at radius 3 is 2.75 bits per heavy atom. The molecule has 0 aliphatic rings. The van der Waals surface area contributed by atoms with Crippen LogP contribution in [-0.4, -0.2) is 25.4 Å². The molecule has 1 aromatic carbocycles. The van der Waals surface area contributed by atoms with E-state index in [9.17, 15) is 8.42 Å². The number of halogens is 1. The van der Waals surface area contributed by atoms with Crippen LogP contribution in [0.3, 0.4) is 0 Å². The van der Waals surface area contributed by atoms with Gasteiger partial charge in [0.2, 0.25) is 10.0 Å². The van der Waals surface area contributed by atoms with Gasteiger partial charge in [-0.3, -0.25) is 4.72 Å². The van der Waals surface area contributed by atoms with Gasteiger partial charge < -0.3 is 5.11 Å². The molecule has 0 saturated heterocycles. The lowest BCUT2D eigenvalue weighted by atomic mass is 10.2. The van der Waals surface area contributed by atoms with Gasteiger partial charge in [0, 0.05) is 10.6 Å². The molecule has 20 heavy (non-hydrogen) atoms. The van der Waals surface area contributed by atoms with E-state index >= 15 is 0 Å². The van der Waals surface area contributed by atoms with Crippen molar-refractivity contribution < 1.29 is 13.5 Å². The number of aliphatic hydroxyl groups excluding tert-OH is 1. The molecule has 0 radical (unpaired) electrons. The fraction of sp³-hybridized carbons (Fsp3) is 0.308. The molecule has 0 amide bonds. The summed E-state index contributed by atoms with van der Waals surface area (Å²) in [6, 6.07) is 6.23. The van der Waals surface area contributed by atoms with Crippen molar-refractivity contribution in [1.29, 1.82) is 5.26 Å². The number of nitrogens with zero attached hydrogens (tertiary/aromatic N) is 1. The zero-order valence-electron chi connectivity index (χ0n) is 10.7. The quantitative estimate of drug-likeness (QED) is 0.828. The number of nitriles is 1. The highest BCUT2D eigenvalue weighted by Crippen LogP contribution is 2.22. The van der Waals surface area contributed by atoms with E-state index in [-0.39, 0.29) is 18.7 Å². The monoisotopic (exact) mass is 312 g/mol. The van der Waals surface area contributed by atoms with Crippen molar-refractivity contribution in [2.24, 2.45) is 0 Å². The summed E-state index contributed by atoms with van der Waals surface area (Å²) in [4.78, 5) is 0. The molecule has 7 heteroatoms. The Kier molecular flexibility index (Phi) is 5.84. The lowest BCUT2D eigenvalue weighted by Crippen LogP contribution is -2.26. The van der Waals surface area contributed by atoms with Crippen LogP contribution in [0.5, 0.6) is 0 Å². The molecule has 106 valence electrons. The molecule has 0 aliphatic carbocycles. The Morgan fingerprint density at radius 2 is 2.20 bits per heavy atom. The Balaban J connectivity index is 3.21. The van der Waals surface area contributed by atoms with Gasteiger partial charge in [0.25, 0.3) is 0 Å². The fourth-order valence-electron chi connectivity index (χ4n) is 1.45. The summed E-state index contributed by atoms with van der Waals surface area (Å²) in [5.41, 5.74) is 0.562. The molecular formula is C13H13ClN2O3S. The lowest BCUT2D eigenvalue weighted by molar-refractivity contribution is 0.350. The summed E-state index contributed by atoms with van der Waals surface area (Å²) in [5, 5.41) is 16.7. The van der Waals surface area contributed by atoms with Gasteiger partial charge in [-0.15, -0.1) is 0 Å². The smallest absolute Gasteiger partial charge is 0.249 e. The highest BCUT2D eigenvalue weighted by atomic mass is 35.5. The predicted molar refractivity (Wildman–Crippen MR) is 77.7 cm³/mol. The number of nitrogens with one attached hydrogen (secondary N) is 1. The van der Waals surface area contributed by atoms with Crippen molar-refractivity contribution in [3.05, 3.63) is 28.8 Å². The highest BCUT2D eigenvalue weighted by Gasteiger charge is 2.24. The van der Waals surface area contributed by atoms with Crippen molar-refractivity contribution in [2.45, 2.75) is 18.6 Å². The van der Waals surface area contributed by atoms with Crippen molar-refractivity contribution >= 4 is 27.3 Å². The van der Waals surface area contributed by atoms with E-state index in [1.807, 2.05) is 0 Å². The first-order valence-electron chi connectivity index (χ1n) is 5.75. The largest absolute Gasteiger partial charge is 0.384 e. The third-order valence-electron chi connectivity index (χ3n) is 2.43. The molecule has 0 aliphatic heterocycles. The number of aliphatic hydroxyl groups is 1.